The van der Waals surface area contributed by atoms with Gasteiger partial charge in [-0.25, -0.2) is 9.78 Å². The molecule has 2 N–H and O–H groups in total. The topological polar surface area (TPSA) is 97.9 Å². The van der Waals surface area contributed by atoms with Crippen LogP contribution in [0.2, 0.25) is 0 Å². The van der Waals surface area contributed by atoms with Crippen LogP contribution in [0.4, 0.5) is 15.7 Å². The van der Waals surface area contributed by atoms with Gasteiger partial charge < -0.3 is 5.73 Å². The number of nitrogens with two attached hydrogens (primary N) is 1. The number of nitrogen functional groups attached to an aromatic ring is 1. The Bertz CT molecular complexity index is 404. The number of oxime groups is 1. The normalized spacial score (nSPS) is 10.3. The maximum absolute atomic E-state index is 11.5. The monoisotopic (exact) mass is 242 g/mol. The Kier molecular flexibility index (Phi) is 4.40. The summed E-state index contributed by atoms with van der Waals surface area (Å²) in [7, 11) is 0. The second kappa shape index (κ2) is 5.81. The van der Waals surface area contributed by atoms with Crippen LogP contribution in [0.5, 0.6) is 0 Å². The molecule has 0 radical (unpaired) electrons. The van der Waals surface area contributed by atoms with Crippen molar-refractivity contribution in [2.45, 2.75) is 6.92 Å². The summed E-state index contributed by atoms with van der Waals surface area (Å²) in [5, 5.41) is 5.14. The number of hydrogen-bond acceptors (Lipinski definition) is 7. The fourth-order valence-corrected chi connectivity index (χ4v) is 1.49. The van der Waals surface area contributed by atoms with Crippen LogP contribution in [0.15, 0.2) is 10.5 Å². The molecular weight excluding hydrogens is 232 g/mol. The molecule has 0 atom stereocenters. The van der Waals surface area contributed by atoms with Gasteiger partial charge in [0.2, 0.25) is 0 Å². The van der Waals surface area contributed by atoms with Gasteiger partial charge in [0.25, 0.3) is 0 Å². The minimum absolute atomic E-state index is 0.359. The van der Waals surface area contributed by atoms with E-state index in [-0.39, 0.29) is 0 Å². The molecule has 0 saturated carbocycles. The van der Waals surface area contributed by atoms with E-state index < -0.39 is 6.09 Å². The Labute approximate surface area is 95.5 Å². The first kappa shape index (κ1) is 12.1. The molecule has 0 spiro atoms. The molecule has 0 aliphatic carbocycles. The summed E-state index contributed by atoms with van der Waals surface area (Å²) >= 11 is 1.22. The van der Waals surface area contributed by atoms with Crippen LogP contribution < -0.4 is 10.6 Å². The van der Waals surface area contributed by atoms with Crippen molar-refractivity contribution in [1.29, 1.82) is 0 Å². The van der Waals surface area contributed by atoms with E-state index in [0.29, 0.717) is 23.8 Å². The summed E-state index contributed by atoms with van der Waals surface area (Å²) in [5.74, 6) is 0.399. The number of hydrogen-bond donors (Lipinski definition) is 1. The van der Waals surface area contributed by atoms with E-state index in [1.807, 2.05) is 0 Å². The molecule has 0 aromatic carbocycles. The SMILES string of the molecule is CCN(C(=O)ON=CC=O)c1csc(N)n1. The summed E-state index contributed by atoms with van der Waals surface area (Å²) in [4.78, 5) is 31.0. The zero-order valence-corrected chi connectivity index (χ0v) is 9.31. The molecule has 16 heavy (non-hydrogen) atoms. The third kappa shape index (κ3) is 3.02. The third-order valence-corrected chi connectivity index (χ3v) is 2.24. The molecule has 0 aliphatic rings. The average molecular weight is 242 g/mol. The molecule has 1 aromatic heterocycles. The number of amides is 1. The van der Waals surface area contributed by atoms with E-state index in [4.69, 9.17) is 5.73 Å². The van der Waals surface area contributed by atoms with Gasteiger partial charge >= 0.3 is 6.09 Å². The number of rotatable bonds is 4. The van der Waals surface area contributed by atoms with Gasteiger partial charge in [-0.2, -0.15) is 0 Å². The first-order chi connectivity index (χ1) is 7.69. The molecule has 86 valence electrons. The van der Waals surface area contributed by atoms with E-state index in [1.54, 1.807) is 12.3 Å². The minimum Gasteiger partial charge on any atom is -0.375 e. The zero-order valence-electron chi connectivity index (χ0n) is 8.49. The van der Waals surface area contributed by atoms with Gasteiger partial charge in [0.05, 0.1) is 0 Å². The van der Waals surface area contributed by atoms with Crippen molar-refractivity contribution >= 4 is 40.9 Å². The fraction of sp³-hybridized carbons (Fsp3) is 0.250. The van der Waals surface area contributed by atoms with Gasteiger partial charge in [-0.3, -0.25) is 14.5 Å². The number of aromatic nitrogens is 1. The summed E-state index contributed by atoms with van der Waals surface area (Å²) in [6, 6.07) is 0. The largest absolute Gasteiger partial charge is 0.441 e. The number of anilines is 2. The molecule has 0 fully saturated rings. The first-order valence-corrected chi connectivity index (χ1v) is 5.23. The van der Waals surface area contributed by atoms with Gasteiger partial charge in [-0.05, 0) is 6.92 Å². The Morgan fingerprint density at radius 1 is 1.81 bits per heavy atom. The van der Waals surface area contributed by atoms with Crippen molar-refractivity contribution in [3.8, 4) is 0 Å². The second-order valence-electron chi connectivity index (χ2n) is 2.54. The summed E-state index contributed by atoms with van der Waals surface area (Å²) in [5.41, 5.74) is 5.45. The van der Waals surface area contributed by atoms with Crippen molar-refractivity contribution in [2.24, 2.45) is 5.16 Å². The standard InChI is InChI=1S/C8H10N4O3S/c1-2-12(6-5-16-7(9)11-6)8(14)15-10-3-4-13/h3-5H,2H2,1H3,(H2,9,11). The maximum atomic E-state index is 11.5. The maximum Gasteiger partial charge on any atom is 0.441 e. The van der Waals surface area contributed by atoms with Crippen LogP contribution in [0.25, 0.3) is 0 Å². The van der Waals surface area contributed by atoms with Crippen LogP contribution in [-0.2, 0) is 9.63 Å². The van der Waals surface area contributed by atoms with Crippen molar-refractivity contribution < 1.29 is 14.4 Å². The molecule has 0 unspecified atom stereocenters. The Balaban J connectivity index is 2.70. The lowest BCUT2D eigenvalue weighted by molar-refractivity contribution is -0.102. The van der Waals surface area contributed by atoms with Gasteiger partial charge in [-0.15, -0.1) is 11.3 Å². The lowest BCUT2D eigenvalue weighted by Crippen LogP contribution is -2.30. The van der Waals surface area contributed by atoms with E-state index in [0.717, 1.165) is 6.21 Å². The highest BCUT2D eigenvalue weighted by Gasteiger charge is 2.17. The Hall–Kier alpha value is -1.96. The molecule has 1 aromatic rings. The van der Waals surface area contributed by atoms with Crippen molar-refractivity contribution in [3.63, 3.8) is 0 Å². The van der Waals surface area contributed by atoms with Gasteiger partial charge in [0, 0.05) is 11.9 Å². The molecular formula is C8H10N4O3S. The van der Waals surface area contributed by atoms with Crippen molar-refractivity contribution in [3.05, 3.63) is 5.38 Å². The predicted octanol–water partition coefficient (Wildman–Crippen LogP) is 0.873. The Morgan fingerprint density at radius 2 is 2.56 bits per heavy atom. The molecule has 8 heteroatoms. The van der Waals surface area contributed by atoms with Crippen LogP contribution in [0, 0.1) is 0 Å². The number of carbonyl (C=O) groups excluding carboxylic acids is 2. The molecule has 1 heterocycles. The summed E-state index contributed by atoms with van der Waals surface area (Å²) in [6.45, 7) is 2.11. The molecule has 7 nitrogen and oxygen atoms in total. The highest BCUT2D eigenvalue weighted by atomic mass is 32.1. The number of thiazole rings is 1. The smallest absolute Gasteiger partial charge is 0.375 e. The number of nitrogens with zero attached hydrogens (tertiary/aromatic N) is 3. The van der Waals surface area contributed by atoms with E-state index >= 15 is 0 Å². The quantitative estimate of drug-likeness (QED) is 0.365. The van der Waals surface area contributed by atoms with Crippen molar-refractivity contribution in [2.75, 3.05) is 17.2 Å². The second-order valence-corrected chi connectivity index (χ2v) is 3.43. The van der Waals surface area contributed by atoms with Crippen LogP contribution in [0.1, 0.15) is 6.92 Å². The van der Waals surface area contributed by atoms with Crippen LogP contribution in [-0.4, -0.2) is 30.1 Å². The zero-order chi connectivity index (χ0) is 12.0. The molecule has 1 rings (SSSR count). The molecule has 1 amide bonds. The summed E-state index contributed by atoms with van der Waals surface area (Å²) in [6.07, 6.45) is 0.525. The van der Waals surface area contributed by atoms with Crippen LogP contribution in [0.3, 0.4) is 0 Å². The van der Waals surface area contributed by atoms with Crippen molar-refractivity contribution in [1.82, 2.24) is 4.98 Å². The highest BCUT2D eigenvalue weighted by Crippen LogP contribution is 2.20. The van der Waals surface area contributed by atoms with Gasteiger partial charge in [-0.1, -0.05) is 5.16 Å². The number of aldehydes is 1. The first-order valence-electron chi connectivity index (χ1n) is 4.35. The lowest BCUT2D eigenvalue weighted by Gasteiger charge is -2.14. The highest BCUT2D eigenvalue weighted by molar-refractivity contribution is 7.13. The number of carbonyl (C=O) groups is 2. The predicted molar refractivity (Wildman–Crippen MR) is 60.6 cm³/mol. The van der Waals surface area contributed by atoms with Gasteiger partial charge in [0.1, 0.15) is 6.21 Å². The average Bonchev–Trinajstić information content (AvgIpc) is 2.66. The third-order valence-electron chi connectivity index (χ3n) is 1.58. The van der Waals surface area contributed by atoms with E-state index in [9.17, 15) is 9.59 Å². The van der Waals surface area contributed by atoms with E-state index in [1.165, 1.54) is 16.2 Å². The molecule has 0 aliphatic heterocycles. The summed E-state index contributed by atoms with van der Waals surface area (Å²) < 4.78 is 0. The fourth-order valence-electron chi connectivity index (χ4n) is 0.937. The van der Waals surface area contributed by atoms with Gasteiger partial charge in [0.15, 0.2) is 17.2 Å². The molecule has 0 saturated heterocycles. The minimum atomic E-state index is -0.717. The Morgan fingerprint density at radius 3 is 3.06 bits per heavy atom. The van der Waals surface area contributed by atoms with Crippen LogP contribution >= 0.6 is 11.3 Å². The van der Waals surface area contributed by atoms with E-state index in [2.05, 4.69) is 15.0 Å². The molecule has 0 bridgehead atoms. The lowest BCUT2D eigenvalue weighted by atomic mass is 10.6.